The molecule has 3 rings (SSSR count). The highest BCUT2D eigenvalue weighted by atomic mass is 32.2. The molecule has 2 aromatic rings. The van der Waals surface area contributed by atoms with Crippen LogP contribution in [0.4, 0.5) is 0 Å². The molecule has 108 valence electrons. The van der Waals surface area contributed by atoms with Gasteiger partial charge in [0.25, 0.3) is 0 Å². The molecule has 2 aromatic carbocycles. The molecule has 0 saturated heterocycles. The lowest BCUT2D eigenvalue weighted by molar-refractivity contribution is 0.0693. The largest absolute Gasteiger partial charge is 0.486 e. The van der Waals surface area contributed by atoms with Crippen molar-refractivity contribution in [2.45, 2.75) is 16.7 Å². The van der Waals surface area contributed by atoms with Crippen LogP contribution in [-0.2, 0) is 0 Å². The molecule has 5 heteroatoms. The standard InChI is InChI=1S/C16H14O4S/c1-10-2-4-12(16(17)18)15(8-10)21-11-3-5-13-14(9-11)20-7-6-19-13/h2-5,8-9H,6-7H2,1H3,(H,17,18). The predicted octanol–water partition coefficient (Wildman–Crippen LogP) is 3.62. The Kier molecular flexibility index (Phi) is 3.75. The third kappa shape index (κ3) is 2.97. The van der Waals surface area contributed by atoms with Crippen molar-refractivity contribution in [1.29, 1.82) is 0 Å². The number of carboxylic acid groups (broad SMARTS) is 1. The highest BCUT2D eigenvalue weighted by Crippen LogP contribution is 2.38. The van der Waals surface area contributed by atoms with E-state index in [-0.39, 0.29) is 0 Å². The maximum atomic E-state index is 11.3. The third-order valence-electron chi connectivity index (χ3n) is 3.11. The summed E-state index contributed by atoms with van der Waals surface area (Å²) in [6.45, 7) is 3.03. The monoisotopic (exact) mass is 302 g/mol. The first-order valence-electron chi connectivity index (χ1n) is 6.55. The fourth-order valence-electron chi connectivity index (χ4n) is 2.10. The SMILES string of the molecule is Cc1ccc(C(=O)O)c(Sc2ccc3c(c2)OCCO3)c1. The average Bonchev–Trinajstić information content (AvgIpc) is 2.47. The molecule has 21 heavy (non-hydrogen) atoms. The maximum absolute atomic E-state index is 11.3. The Bertz CT molecular complexity index is 697. The number of carbonyl (C=O) groups is 1. The summed E-state index contributed by atoms with van der Waals surface area (Å²) in [5, 5.41) is 9.27. The second kappa shape index (κ2) is 5.69. The van der Waals surface area contributed by atoms with Gasteiger partial charge in [0.05, 0.1) is 5.56 Å². The van der Waals surface area contributed by atoms with Gasteiger partial charge in [0.1, 0.15) is 13.2 Å². The van der Waals surface area contributed by atoms with Crippen molar-refractivity contribution in [3.05, 3.63) is 47.5 Å². The summed E-state index contributed by atoms with van der Waals surface area (Å²) in [7, 11) is 0. The van der Waals surface area contributed by atoms with E-state index >= 15 is 0 Å². The minimum Gasteiger partial charge on any atom is -0.486 e. The number of aromatic carboxylic acids is 1. The number of benzene rings is 2. The first-order valence-corrected chi connectivity index (χ1v) is 7.36. The van der Waals surface area contributed by atoms with Crippen molar-refractivity contribution >= 4 is 17.7 Å². The summed E-state index contributed by atoms with van der Waals surface area (Å²) in [5.41, 5.74) is 1.33. The van der Waals surface area contributed by atoms with E-state index in [0.717, 1.165) is 21.1 Å². The second-order valence-corrected chi connectivity index (χ2v) is 5.83. The van der Waals surface area contributed by atoms with Gasteiger partial charge in [0.2, 0.25) is 0 Å². The number of fused-ring (bicyclic) bond motifs is 1. The van der Waals surface area contributed by atoms with E-state index in [0.29, 0.717) is 24.5 Å². The fourth-order valence-corrected chi connectivity index (χ4v) is 3.17. The minimum atomic E-state index is -0.921. The lowest BCUT2D eigenvalue weighted by Crippen LogP contribution is -2.15. The first-order chi connectivity index (χ1) is 10.1. The molecule has 1 aliphatic heterocycles. The van der Waals surface area contributed by atoms with Crippen molar-refractivity contribution in [3.63, 3.8) is 0 Å². The van der Waals surface area contributed by atoms with Crippen molar-refractivity contribution in [2.75, 3.05) is 13.2 Å². The number of ether oxygens (including phenoxy) is 2. The van der Waals surface area contributed by atoms with Gasteiger partial charge < -0.3 is 14.6 Å². The van der Waals surface area contributed by atoms with Gasteiger partial charge in [-0.15, -0.1) is 0 Å². The van der Waals surface area contributed by atoms with Crippen molar-refractivity contribution in [3.8, 4) is 11.5 Å². The second-order valence-electron chi connectivity index (χ2n) is 4.71. The van der Waals surface area contributed by atoms with E-state index in [1.807, 2.05) is 31.2 Å². The summed E-state index contributed by atoms with van der Waals surface area (Å²) in [5.74, 6) is 0.513. The smallest absolute Gasteiger partial charge is 0.336 e. The van der Waals surface area contributed by atoms with E-state index in [4.69, 9.17) is 9.47 Å². The molecular formula is C16H14O4S. The Hall–Kier alpha value is -2.14. The zero-order valence-electron chi connectivity index (χ0n) is 11.5. The van der Waals surface area contributed by atoms with Crippen LogP contribution in [0.25, 0.3) is 0 Å². The van der Waals surface area contributed by atoms with Crippen LogP contribution in [0.1, 0.15) is 15.9 Å². The Morgan fingerprint density at radius 2 is 1.86 bits per heavy atom. The molecule has 0 amide bonds. The quantitative estimate of drug-likeness (QED) is 0.938. The Morgan fingerprint density at radius 3 is 2.62 bits per heavy atom. The van der Waals surface area contributed by atoms with Crippen LogP contribution < -0.4 is 9.47 Å². The number of carboxylic acids is 1. The first kappa shape index (κ1) is 13.8. The van der Waals surface area contributed by atoms with E-state index < -0.39 is 5.97 Å². The van der Waals surface area contributed by atoms with Crippen LogP contribution in [-0.4, -0.2) is 24.3 Å². The van der Waals surface area contributed by atoms with Crippen LogP contribution >= 0.6 is 11.8 Å². The summed E-state index contributed by atoms with van der Waals surface area (Å²) in [6, 6.07) is 11.0. The molecule has 0 saturated carbocycles. The Morgan fingerprint density at radius 1 is 1.10 bits per heavy atom. The molecule has 1 N–H and O–H groups in total. The van der Waals surface area contributed by atoms with Gasteiger partial charge in [-0.1, -0.05) is 17.8 Å². The van der Waals surface area contributed by atoms with E-state index in [2.05, 4.69) is 0 Å². The molecule has 0 aromatic heterocycles. The lowest BCUT2D eigenvalue weighted by Gasteiger charge is -2.18. The summed E-state index contributed by atoms with van der Waals surface area (Å²) in [4.78, 5) is 12.9. The van der Waals surface area contributed by atoms with E-state index in [1.54, 1.807) is 12.1 Å². The number of rotatable bonds is 3. The van der Waals surface area contributed by atoms with Crippen molar-refractivity contribution in [2.24, 2.45) is 0 Å². The summed E-state index contributed by atoms with van der Waals surface area (Å²) < 4.78 is 11.0. The predicted molar refractivity (Wildman–Crippen MR) is 79.7 cm³/mol. The molecule has 0 bridgehead atoms. The fraction of sp³-hybridized carbons (Fsp3) is 0.188. The normalized spacial score (nSPS) is 13.0. The Balaban J connectivity index is 1.93. The van der Waals surface area contributed by atoms with Gasteiger partial charge in [0, 0.05) is 9.79 Å². The van der Waals surface area contributed by atoms with Gasteiger partial charge in [-0.3, -0.25) is 0 Å². The highest BCUT2D eigenvalue weighted by Gasteiger charge is 2.15. The van der Waals surface area contributed by atoms with Crippen LogP contribution in [0.15, 0.2) is 46.2 Å². The number of hydrogen-bond donors (Lipinski definition) is 1. The molecule has 1 aliphatic rings. The van der Waals surface area contributed by atoms with Gasteiger partial charge in [0.15, 0.2) is 11.5 Å². The molecule has 0 radical (unpaired) electrons. The van der Waals surface area contributed by atoms with Crippen molar-refractivity contribution in [1.82, 2.24) is 0 Å². The topological polar surface area (TPSA) is 55.8 Å². The molecular weight excluding hydrogens is 288 g/mol. The van der Waals surface area contributed by atoms with Crippen molar-refractivity contribution < 1.29 is 19.4 Å². The lowest BCUT2D eigenvalue weighted by atomic mass is 10.1. The van der Waals surface area contributed by atoms with E-state index in [1.165, 1.54) is 11.8 Å². The summed E-state index contributed by atoms with van der Waals surface area (Å²) in [6.07, 6.45) is 0. The van der Waals surface area contributed by atoms with Gasteiger partial charge in [-0.05, 0) is 42.8 Å². The molecule has 0 unspecified atom stereocenters. The molecule has 4 nitrogen and oxygen atoms in total. The molecule has 0 atom stereocenters. The highest BCUT2D eigenvalue weighted by molar-refractivity contribution is 7.99. The molecule has 0 fully saturated rings. The zero-order valence-corrected chi connectivity index (χ0v) is 12.3. The summed E-state index contributed by atoms with van der Waals surface area (Å²) >= 11 is 1.41. The average molecular weight is 302 g/mol. The minimum absolute atomic E-state index is 0.306. The number of aryl methyl sites for hydroxylation is 1. The Labute approximate surface area is 126 Å². The molecule has 0 spiro atoms. The van der Waals surface area contributed by atoms with Crippen LogP contribution in [0.5, 0.6) is 11.5 Å². The van der Waals surface area contributed by atoms with Gasteiger partial charge >= 0.3 is 5.97 Å². The van der Waals surface area contributed by atoms with Gasteiger partial charge in [-0.2, -0.15) is 0 Å². The molecule has 0 aliphatic carbocycles. The van der Waals surface area contributed by atoms with Crippen LogP contribution in [0.2, 0.25) is 0 Å². The molecule has 1 heterocycles. The van der Waals surface area contributed by atoms with Crippen LogP contribution in [0, 0.1) is 6.92 Å². The van der Waals surface area contributed by atoms with E-state index in [9.17, 15) is 9.90 Å². The third-order valence-corrected chi connectivity index (χ3v) is 4.16. The number of hydrogen-bond acceptors (Lipinski definition) is 4. The maximum Gasteiger partial charge on any atom is 0.336 e. The zero-order chi connectivity index (χ0) is 14.8. The van der Waals surface area contributed by atoms with Crippen LogP contribution in [0.3, 0.4) is 0 Å². The van der Waals surface area contributed by atoms with Gasteiger partial charge in [-0.25, -0.2) is 4.79 Å².